The smallest absolute Gasteiger partial charge is 0.319 e. The average molecular weight is 364 g/mol. The molecule has 0 amide bonds. The minimum absolute atomic E-state index is 0.0882. The molecule has 18 heavy (non-hydrogen) atoms. The molecule has 0 spiro atoms. The molecule has 0 aromatic rings. The van der Waals surface area contributed by atoms with Crippen molar-refractivity contribution < 1.29 is 14.3 Å². The van der Waals surface area contributed by atoms with Crippen molar-refractivity contribution in [2.24, 2.45) is 5.41 Å². The zero-order valence-electron chi connectivity index (χ0n) is 10.9. The van der Waals surface area contributed by atoms with Crippen LogP contribution >= 0.6 is 22.6 Å². The van der Waals surface area contributed by atoms with Crippen molar-refractivity contribution in [1.29, 1.82) is 0 Å². The Morgan fingerprint density at radius 3 is 2.89 bits per heavy atom. The maximum atomic E-state index is 12.3. The van der Waals surface area contributed by atoms with Crippen molar-refractivity contribution in [3.8, 4) is 0 Å². The first-order valence-electron chi connectivity index (χ1n) is 6.54. The summed E-state index contributed by atoms with van der Waals surface area (Å²) in [5.74, 6) is -0.238. The second-order valence-electron chi connectivity index (χ2n) is 4.81. The van der Waals surface area contributed by atoms with Crippen LogP contribution in [-0.4, -0.2) is 18.9 Å². The number of unbranched alkanes of at least 4 members (excludes halogenated alkanes) is 1. The minimum Gasteiger partial charge on any atom is -0.468 e. The monoisotopic (exact) mass is 364 g/mol. The molecule has 4 heteroatoms. The van der Waals surface area contributed by atoms with E-state index in [1.54, 1.807) is 0 Å². The van der Waals surface area contributed by atoms with Crippen LogP contribution in [0.15, 0.2) is 10.2 Å². The lowest BCUT2D eigenvalue weighted by atomic mass is 9.75. The molecular formula is C14H21IO3. The summed E-state index contributed by atoms with van der Waals surface area (Å²) in [7, 11) is 1.38. The van der Waals surface area contributed by atoms with Crippen LogP contribution in [0, 0.1) is 5.41 Å². The van der Waals surface area contributed by atoms with Crippen LogP contribution in [-0.2, 0) is 14.3 Å². The molecule has 1 unspecified atom stereocenters. The lowest BCUT2D eigenvalue weighted by Crippen LogP contribution is -2.39. The summed E-state index contributed by atoms with van der Waals surface area (Å²) in [6, 6.07) is 0. The molecule has 1 aliphatic carbocycles. The highest BCUT2D eigenvalue weighted by atomic mass is 127. The summed E-state index contributed by atoms with van der Waals surface area (Å²) in [5.41, 5.74) is -0.857. The molecule has 0 aromatic heterocycles. The molecule has 1 rings (SSSR count). The van der Waals surface area contributed by atoms with Gasteiger partial charge in [0.05, 0.1) is 7.11 Å². The van der Waals surface area contributed by atoms with Gasteiger partial charge in [-0.3, -0.25) is 9.59 Å². The molecule has 0 N–H and O–H groups in total. The van der Waals surface area contributed by atoms with E-state index in [1.807, 2.05) is 4.08 Å². The van der Waals surface area contributed by atoms with Gasteiger partial charge in [-0.05, 0) is 36.2 Å². The topological polar surface area (TPSA) is 43.4 Å². The number of halogens is 1. The van der Waals surface area contributed by atoms with Crippen LogP contribution in [0.25, 0.3) is 0 Å². The van der Waals surface area contributed by atoms with Crippen molar-refractivity contribution in [3.05, 3.63) is 10.2 Å². The highest BCUT2D eigenvalue weighted by Gasteiger charge is 2.45. The quantitative estimate of drug-likeness (QED) is 0.245. The van der Waals surface area contributed by atoms with E-state index in [9.17, 15) is 9.59 Å². The summed E-state index contributed by atoms with van der Waals surface area (Å²) < 4.78 is 6.87. The van der Waals surface area contributed by atoms with E-state index in [0.29, 0.717) is 19.3 Å². The Balaban J connectivity index is 2.78. The highest BCUT2D eigenvalue weighted by molar-refractivity contribution is 14.1. The van der Waals surface area contributed by atoms with E-state index in [1.165, 1.54) is 7.11 Å². The first kappa shape index (κ1) is 15.7. The van der Waals surface area contributed by atoms with Gasteiger partial charge in [-0.1, -0.05) is 41.5 Å². The Bertz CT molecular complexity index is 325. The Kier molecular flexibility index (Phi) is 6.89. The van der Waals surface area contributed by atoms with Gasteiger partial charge in [0.25, 0.3) is 0 Å². The number of esters is 1. The van der Waals surface area contributed by atoms with Crippen molar-refractivity contribution in [2.45, 2.75) is 51.4 Å². The summed E-state index contributed by atoms with van der Waals surface area (Å²) >= 11 is 2.18. The van der Waals surface area contributed by atoms with Crippen molar-refractivity contribution in [1.82, 2.24) is 0 Å². The molecule has 0 radical (unpaired) electrons. The second-order valence-corrected chi connectivity index (χ2v) is 5.53. The number of methoxy groups -OCH3 is 1. The van der Waals surface area contributed by atoms with Crippen LogP contribution in [0.5, 0.6) is 0 Å². The fraction of sp³-hybridized carbons (Fsp3) is 0.714. The predicted molar refractivity (Wildman–Crippen MR) is 79.6 cm³/mol. The molecule has 3 nitrogen and oxygen atoms in total. The molecule has 0 aliphatic heterocycles. The SMILES string of the molecule is COC(=O)C1(CCC/C=C\I)CCCCCC1=O. The Morgan fingerprint density at radius 2 is 2.22 bits per heavy atom. The number of hydrogen-bond donors (Lipinski definition) is 0. The lowest BCUT2D eigenvalue weighted by Gasteiger charge is -2.28. The van der Waals surface area contributed by atoms with Crippen molar-refractivity contribution in [2.75, 3.05) is 7.11 Å². The van der Waals surface area contributed by atoms with E-state index in [2.05, 4.69) is 28.7 Å². The first-order chi connectivity index (χ1) is 8.67. The number of hydrogen-bond acceptors (Lipinski definition) is 3. The van der Waals surface area contributed by atoms with E-state index in [-0.39, 0.29) is 11.8 Å². The van der Waals surface area contributed by atoms with E-state index in [4.69, 9.17) is 4.74 Å². The number of carbonyl (C=O) groups excluding carboxylic acids is 2. The van der Waals surface area contributed by atoms with Gasteiger partial charge in [0.15, 0.2) is 0 Å². The number of rotatable bonds is 5. The van der Waals surface area contributed by atoms with Crippen LogP contribution in [0.3, 0.4) is 0 Å². The molecular weight excluding hydrogens is 343 g/mol. The van der Waals surface area contributed by atoms with Gasteiger partial charge in [0.2, 0.25) is 0 Å². The van der Waals surface area contributed by atoms with Gasteiger partial charge >= 0.3 is 5.97 Å². The third kappa shape index (κ3) is 3.80. The van der Waals surface area contributed by atoms with Crippen molar-refractivity contribution >= 4 is 34.3 Å². The third-order valence-corrected chi connectivity index (χ3v) is 4.19. The summed E-state index contributed by atoms with van der Waals surface area (Å²) in [6.45, 7) is 0. The largest absolute Gasteiger partial charge is 0.468 e. The molecule has 0 bridgehead atoms. The molecule has 102 valence electrons. The van der Waals surface area contributed by atoms with E-state index in [0.717, 1.165) is 32.1 Å². The molecule has 0 heterocycles. The van der Waals surface area contributed by atoms with Gasteiger partial charge in [-0.15, -0.1) is 0 Å². The predicted octanol–water partition coefficient (Wildman–Crippen LogP) is 3.80. The standard InChI is InChI=1S/C14H21IO3/c1-18-13(17)14(10-6-3-7-11-15)9-5-2-4-8-12(14)16/h7,11H,2-6,8-10H2,1H3/b11-7-. The van der Waals surface area contributed by atoms with Gasteiger partial charge in [0.1, 0.15) is 11.2 Å². The van der Waals surface area contributed by atoms with Crippen molar-refractivity contribution in [3.63, 3.8) is 0 Å². The number of ketones is 1. The zero-order chi connectivity index (χ0) is 13.4. The summed E-state index contributed by atoms with van der Waals surface area (Å²) in [6.07, 6.45) is 8.54. The van der Waals surface area contributed by atoms with E-state index >= 15 is 0 Å². The van der Waals surface area contributed by atoms with E-state index < -0.39 is 5.41 Å². The number of carbonyl (C=O) groups is 2. The zero-order valence-corrected chi connectivity index (χ0v) is 13.1. The number of allylic oxidation sites excluding steroid dienone is 1. The molecule has 1 aliphatic rings. The van der Waals surface area contributed by atoms with Crippen LogP contribution in [0.4, 0.5) is 0 Å². The van der Waals surface area contributed by atoms with Gasteiger partial charge in [-0.25, -0.2) is 0 Å². The van der Waals surface area contributed by atoms with Gasteiger partial charge in [0, 0.05) is 6.42 Å². The fourth-order valence-corrected chi connectivity index (χ4v) is 2.99. The Labute approximate surface area is 122 Å². The summed E-state index contributed by atoms with van der Waals surface area (Å²) in [5, 5.41) is 0. The number of ether oxygens (including phenoxy) is 1. The molecule has 1 fully saturated rings. The number of Topliss-reactive ketones (excluding diaryl/α,β-unsaturated/α-hetero) is 1. The highest BCUT2D eigenvalue weighted by Crippen LogP contribution is 2.38. The maximum absolute atomic E-state index is 12.3. The lowest BCUT2D eigenvalue weighted by molar-refractivity contribution is -0.159. The molecule has 1 saturated carbocycles. The summed E-state index contributed by atoms with van der Waals surface area (Å²) in [4.78, 5) is 24.3. The Morgan fingerprint density at radius 1 is 1.44 bits per heavy atom. The van der Waals surface area contributed by atoms with Gasteiger partial charge < -0.3 is 4.74 Å². The second kappa shape index (κ2) is 7.92. The van der Waals surface area contributed by atoms with Gasteiger partial charge in [-0.2, -0.15) is 0 Å². The third-order valence-electron chi connectivity index (χ3n) is 3.68. The molecule has 0 aromatic carbocycles. The maximum Gasteiger partial charge on any atom is 0.319 e. The molecule has 0 saturated heterocycles. The van der Waals surface area contributed by atoms with Crippen LogP contribution < -0.4 is 0 Å². The minimum atomic E-state index is -0.857. The Hall–Kier alpha value is -0.390. The average Bonchev–Trinajstić information content (AvgIpc) is 2.57. The molecule has 1 atom stereocenters. The van der Waals surface area contributed by atoms with Crippen LogP contribution in [0.1, 0.15) is 51.4 Å². The normalized spacial score (nSPS) is 25.1. The van der Waals surface area contributed by atoms with Crippen LogP contribution in [0.2, 0.25) is 0 Å². The fourth-order valence-electron chi connectivity index (χ4n) is 2.63. The first-order valence-corrected chi connectivity index (χ1v) is 7.79.